The third-order valence-corrected chi connectivity index (χ3v) is 2.70. The van der Waals surface area contributed by atoms with Gasteiger partial charge >= 0.3 is 5.97 Å². The van der Waals surface area contributed by atoms with E-state index in [0.717, 1.165) is 5.56 Å². The normalized spacial score (nSPS) is 10.2. The monoisotopic (exact) mass is 260 g/mol. The average molecular weight is 260 g/mol. The number of aromatic carboxylic acids is 1. The van der Waals surface area contributed by atoms with E-state index in [1.165, 1.54) is 6.07 Å². The first-order chi connectivity index (χ1) is 9.02. The minimum Gasteiger partial charge on any atom is -0.496 e. The summed E-state index contributed by atoms with van der Waals surface area (Å²) in [6, 6.07) is 6.19. The molecule has 0 aliphatic heterocycles. The van der Waals surface area contributed by atoms with E-state index in [4.69, 9.17) is 9.84 Å². The summed E-state index contributed by atoms with van der Waals surface area (Å²) in [5.74, 6) is -0.809. The van der Waals surface area contributed by atoms with Gasteiger partial charge in [0.25, 0.3) is 0 Å². The molecule has 98 valence electrons. The number of carboxylic acid groups (broad SMARTS) is 1. The van der Waals surface area contributed by atoms with E-state index < -0.39 is 5.97 Å². The smallest absolute Gasteiger partial charge is 0.353 e. The molecule has 0 aliphatic rings. The van der Waals surface area contributed by atoms with Gasteiger partial charge in [-0.05, 0) is 30.7 Å². The number of carbonyl (C=O) groups is 2. The highest BCUT2D eigenvalue weighted by Gasteiger charge is 2.16. The Balaban J connectivity index is 2.33. The van der Waals surface area contributed by atoms with Crippen LogP contribution < -0.4 is 4.74 Å². The van der Waals surface area contributed by atoms with Crippen molar-refractivity contribution in [3.05, 3.63) is 46.8 Å². The summed E-state index contributed by atoms with van der Waals surface area (Å²) in [5, 5.41) is 14.8. The number of H-pyrrole nitrogens is 1. The van der Waals surface area contributed by atoms with Gasteiger partial charge in [0.1, 0.15) is 17.1 Å². The molecule has 19 heavy (non-hydrogen) atoms. The van der Waals surface area contributed by atoms with E-state index in [0.29, 0.717) is 11.3 Å². The maximum absolute atomic E-state index is 12.1. The number of ether oxygens (including phenoxy) is 1. The fourth-order valence-corrected chi connectivity index (χ4v) is 1.72. The van der Waals surface area contributed by atoms with E-state index in [-0.39, 0.29) is 17.2 Å². The van der Waals surface area contributed by atoms with E-state index in [9.17, 15) is 9.59 Å². The first-order valence-electron chi connectivity index (χ1n) is 5.51. The predicted molar refractivity (Wildman–Crippen MR) is 66.7 cm³/mol. The number of methoxy groups -OCH3 is 1. The van der Waals surface area contributed by atoms with Crippen molar-refractivity contribution in [3.8, 4) is 5.75 Å². The van der Waals surface area contributed by atoms with Crippen LogP contribution in [0, 0.1) is 6.92 Å². The fraction of sp³-hybridized carbons (Fsp3) is 0.154. The molecule has 2 N–H and O–H groups in total. The Hall–Kier alpha value is -2.63. The van der Waals surface area contributed by atoms with Gasteiger partial charge in [-0.15, -0.1) is 0 Å². The van der Waals surface area contributed by atoms with Crippen LogP contribution in [-0.2, 0) is 0 Å². The number of aromatic nitrogens is 2. The van der Waals surface area contributed by atoms with Gasteiger partial charge in [0, 0.05) is 11.6 Å². The summed E-state index contributed by atoms with van der Waals surface area (Å²) in [6.07, 6.45) is 0. The van der Waals surface area contributed by atoms with Crippen LogP contribution in [0.2, 0.25) is 0 Å². The number of aryl methyl sites for hydroxylation is 1. The lowest BCUT2D eigenvalue weighted by atomic mass is 10.0. The van der Waals surface area contributed by atoms with Gasteiger partial charge in [0.15, 0.2) is 0 Å². The molecule has 1 heterocycles. The van der Waals surface area contributed by atoms with Crippen LogP contribution in [0.5, 0.6) is 5.75 Å². The molecule has 0 saturated heterocycles. The number of nitrogens with zero attached hydrogens (tertiary/aromatic N) is 1. The summed E-state index contributed by atoms with van der Waals surface area (Å²) in [5.41, 5.74) is 1.21. The van der Waals surface area contributed by atoms with Crippen LogP contribution in [-0.4, -0.2) is 34.2 Å². The van der Waals surface area contributed by atoms with Crippen molar-refractivity contribution in [1.82, 2.24) is 10.2 Å². The number of hydrogen-bond donors (Lipinski definition) is 2. The Kier molecular flexibility index (Phi) is 3.33. The van der Waals surface area contributed by atoms with Gasteiger partial charge in [-0.3, -0.25) is 9.89 Å². The van der Waals surface area contributed by atoms with Crippen LogP contribution in [0.15, 0.2) is 24.3 Å². The molecule has 0 fully saturated rings. The predicted octanol–water partition coefficient (Wildman–Crippen LogP) is 1.66. The summed E-state index contributed by atoms with van der Waals surface area (Å²) in [6.45, 7) is 1.82. The molecule has 0 radical (unpaired) electrons. The fourth-order valence-electron chi connectivity index (χ4n) is 1.72. The number of benzene rings is 1. The van der Waals surface area contributed by atoms with Crippen molar-refractivity contribution in [1.29, 1.82) is 0 Å². The number of ketones is 1. The number of nitrogens with one attached hydrogen (secondary N) is 1. The van der Waals surface area contributed by atoms with Crippen molar-refractivity contribution in [2.75, 3.05) is 7.11 Å². The summed E-state index contributed by atoms with van der Waals surface area (Å²) < 4.78 is 5.11. The number of hydrogen-bond acceptors (Lipinski definition) is 4. The van der Waals surface area contributed by atoms with Crippen molar-refractivity contribution < 1.29 is 19.4 Å². The first-order valence-corrected chi connectivity index (χ1v) is 5.51. The molecule has 0 aliphatic carbocycles. The maximum Gasteiger partial charge on any atom is 0.353 e. The van der Waals surface area contributed by atoms with Gasteiger partial charge < -0.3 is 9.84 Å². The second kappa shape index (κ2) is 4.93. The third-order valence-electron chi connectivity index (χ3n) is 2.70. The summed E-state index contributed by atoms with van der Waals surface area (Å²) in [4.78, 5) is 22.8. The highest BCUT2D eigenvalue weighted by Crippen LogP contribution is 2.20. The molecule has 0 amide bonds. The molecule has 0 unspecified atom stereocenters. The summed E-state index contributed by atoms with van der Waals surface area (Å²) >= 11 is 0. The van der Waals surface area contributed by atoms with Gasteiger partial charge in [0.05, 0.1) is 7.11 Å². The van der Waals surface area contributed by atoms with Crippen molar-refractivity contribution in [2.24, 2.45) is 0 Å². The Bertz CT molecular complexity index is 646. The Labute approximate surface area is 109 Å². The highest BCUT2D eigenvalue weighted by atomic mass is 16.5. The molecule has 2 rings (SSSR count). The van der Waals surface area contributed by atoms with Crippen molar-refractivity contribution in [3.63, 3.8) is 0 Å². The molecule has 2 aromatic rings. The molecule has 6 nitrogen and oxygen atoms in total. The van der Waals surface area contributed by atoms with Crippen molar-refractivity contribution in [2.45, 2.75) is 6.92 Å². The standard InChI is InChI=1S/C13H12N2O4/c1-7-5-8(3-4-11(7)19-2)12(16)9-6-10(13(17)18)15-14-9/h3-6H,1-2H3,(H,14,15)(H,17,18). The number of aromatic amines is 1. The molecule has 0 spiro atoms. The Morgan fingerprint density at radius 3 is 2.58 bits per heavy atom. The average Bonchev–Trinajstić information content (AvgIpc) is 2.87. The lowest BCUT2D eigenvalue weighted by Gasteiger charge is -2.05. The van der Waals surface area contributed by atoms with Crippen LogP contribution in [0.3, 0.4) is 0 Å². The van der Waals surface area contributed by atoms with E-state index in [2.05, 4.69) is 10.2 Å². The number of rotatable bonds is 4. The second-order valence-electron chi connectivity index (χ2n) is 3.99. The zero-order valence-corrected chi connectivity index (χ0v) is 10.4. The van der Waals surface area contributed by atoms with Crippen molar-refractivity contribution >= 4 is 11.8 Å². The number of carbonyl (C=O) groups excluding carboxylic acids is 1. The third kappa shape index (κ3) is 2.47. The zero-order chi connectivity index (χ0) is 14.0. The van der Waals surface area contributed by atoms with Gasteiger partial charge in [-0.25, -0.2) is 4.79 Å². The lowest BCUT2D eigenvalue weighted by molar-refractivity contribution is 0.0690. The molecular weight excluding hydrogens is 248 g/mol. The molecular formula is C13H12N2O4. The molecule has 1 aromatic heterocycles. The second-order valence-corrected chi connectivity index (χ2v) is 3.99. The van der Waals surface area contributed by atoms with Crippen LogP contribution in [0.4, 0.5) is 0 Å². The largest absolute Gasteiger partial charge is 0.496 e. The molecule has 0 atom stereocenters. The SMILES string of the molecule is COc1ccc(C(=O)c2cc(C(=O)O)[nH]n2)cc1C. The van der Waals surface area contributed by atoms with Gasteiger partial charge in [-0.2, -0.15) is 5.10 Å². The molecule has 0 saturated carbocycles. The maximum atomic E-state index is 12.1. The molecule has 6 heteroatoms. The first kappa shape index (κ1) is 12.8. The van der Waals surface area contributed by atoms with E-state index in [1.54, 1.807) is 25.3 Å². The van der Waals surface area contributed by atoms with E-state index in [1.807, 2.05) is 6.92 Å². The number of carboxylic acids is 1. The van der Waals surface area contributed by atoms with Gasteiger partial charge in [0.2, 0.25) is 5.78 Å². The van der Waals surface area contributed by atoms with Crippen LogP contribution in [0.25, 0.3) is 0 Å². The quantitative estimate of drug-likeness (QED) is 0.815. The minimum absolute atomic E-state index is 0.0713. The molecule has 1 aromatic carbocycles. The zero-order valence-electron chi connectivity index (χ0n) is 10.4. The van der Waals surface area contributed by atoms with Crippen LogP contribution >= 0.6 is 0 Å². The topological polar surface area (TPSA) is 92.3 Å². The Morgan fingerprint density at radius 1 is 1.32 bits per heavy atom. The van der Waals surface area contributed by atoms with Gasteiger partial charge in [-0.1, -0.05) is 0 Å². The molecule has 0 bridgehead atoms. The highest BCUT2D eigenvalue weighted by molar-refractivity contribution is 6.08. The summed E-state index contributed by atoms with van der Waals surface area (Å²) in [7, 11) is 1.55. The van der Waals surface area contributed by atoms with Crippen LogP contribution in [0.1, 0.15) is 32.1 Å². The lowest BCUT2D eigenvalue weighted by Crippen LogP contribution is -2.02. The minimum atomic E-state index is -1.16. The van der Waals surface area contributed by atoms with E-state index >= 15 is 0 Å². The Morgan fingerprint density at radius 2 is 2.05 bits per heavy atom.